The smallest absolute Gasteiger partial charge is 0.191 e. The molecule has 2 aromatic carbocycles. The Morgan fingerprint density at radius 1 is 1.06 bits per heavy atom. The Morgan fingerprint density at radius 2 is 1.81 bits per heavy atom. The van der Waals surface area contributed by atoms with E-state index >= 15 is 0 Å². The number of anilines is 1. The molecule has 0 aliphatic carbocycles. The van der Waals surface area contributed by atoms with E-state index in [2.05, 4.69) is 26.6 Å². The van der Waals surface area contributed by atoms with Crippen molar-refractivity contribution in [2.75, 3.05) is 52.5 Å². The van der Waals surface area contributed by atoms with Crippen molar-refractivity contribution in [2.45, 2.75) is 25.4 Å². The van der Waals surface area contributed by atoms with Gasteiger partial charge in [-0.05, 0) is 24.1 Å². The lowest BCUT2D eigenvalue weighted by atomic mass is 10.2. The van der Waals surface area contributed by atoms with Crippen LogP contribution in [0.4, 0.5) is 5.69 Å². The molecular weight excluding hydrogens is 408 g/mol. The molecule has 8 heteroatoms. The van der Waals surface area contributed by atoms with E-state index in [9.17, 15) is 0 Å². The molecule has 1 saturated heterocycles. The first-order valence-corrected chi connectivity index (χ1v) is 11.0. The highest BCUT2D eigenvalue weighted by Crippen LogP contribution is 2.31. The van der Waals surface area contributed by atoms with Crippen molar-refractivity contribution in [3.8, 4) is 23.0 Å². The number of fused-ring (bicyclic) bond motifs is 1. The van der Waals surface area contributed by atoms with E-state index in [0.717, 1.165) is 66.1 Å². The number of ether oxygens (including phenoxy) is 4. The van der Waals surface area contributed by atoms with Crippen molar-refractivity contribution in [3.63, 3.8) is 0 Å². The van der Waals surface area contributed by atoms with Gasteiger partial charge in [0.1, 0.15) is 11.5 Å². The summed E-state index contributed by atoms with van der Waals surface area (Å²) in [5.41, 5.74) is 2.22. The third kappa shape index (κ3) is 5.30. The van der Waals surface area contributed by atoms with Gasteiger partial charge in [0.25, 0.3) is 0 Å². The standard InChI is InChI=1S/C24H32N4O4/c1-25-24(26-15-17-5-6-22-23(11-17)32-10-4-9-31-22)27-18-7-8-28(16-18)19-12-20(29-2)14-21(13-19)30-3/h5-6,11-14,18H,4,7-10,15-16H2,1-3H3,(H2,25,26,27). The van der Waals surface area contributed by atoms with Crippen molar-refractivity contribution >= 4 is 11.6 Å². The maximum Gasteiger partial charge on any atom is 0.191 e. The second kappa shape index (κ2) is 10.3. The number of hydrogen-bond donors (Lipinski definition) is 2. The fourth-order valence-corrected chi connectivity index (χ4v) is 3.98. The molecule has 0 spiro atoms. The van der Waals surface area contributed by atoms with Crippen LogP contribution < -0.4 is 34.5 Å². The number of benzene rings is 2. The summed E-state index contributed by atoms with van der Waals surface area (Å²) in [6.45, 7) is 3.86. The van der Waals surface area contributed by atoms with Crippen LogP contribution in [0.25, 0.3) is 0 Å². The van der Waals surface area contributed by atoms with Gasteiger partial charge in [-0.25, -0.2) is 0 Å². The Morgan fingerprint density at radius 3 is 2.53 bits per heavy atom. The number of nitrogens with one attached hydrogen (secondary N) is 2. The molecule has 1 atom stereocenters. The van der Waals surface area contributed by atoms with Crippen LogP contribution in [0.2, 0.25) is 0 Å². The lowest BCUT2D eigenvalue weighted by molar-refractivity contribution is 0.297. The summed E-state index contributed by atoms with van der Waals surface area (Å²) in [6.07, 6.45) is 1.92. The molecule has 1 fully saturated rings. The van der Waals surface area contributed by atoms with Crippen LogP contribution in [-0.2, 0) is 6.54 Å². The molecule has 0 saturated carbocycles. The molecule has 0 aromatic heterocycles. The molecule has 2 aromatic rings. The molecule has 2 aliphatic rings. The minimum Gasteiger partial charge on any atom is -0.497 e. The molecule has 32 heavy (non-hydrogen) atoms. The van der Waals surface area contributed by atoms with Gasteiger partial charge >= 0.3 is 0 Å². The summed E-state index contributed by atoms with van der Waals surface area (Å²) in [5, 5.41) is 6.95. The number of guanidine groups is 1. The van der Waals surface area contributed by atoms with Crippen molar-refractivity contribution in [3.05, 3.63) is 42.0 Å². The van der Waals surface area contributed by atoms with Crippen LogP contribution in [0, 0.1) is 0 Å². The lowest BCUT2D eigenvalue weighted by Crippen LogP contribution is -2.44. The van der Waals surface area contributed by atoms with Gasteiger partial charge in [0.15, 0.2) is 17.5 Å². The highest BCUT2D eigenvalue weighted by atomic mass is 16.5. The summed E-state index contributed by atoms with van der Waals surface area (Å²) in [4.78, 5) is 6.73. The minimum absolute atomic E-state index is 0.294. The summed E-state index contributed by atoms with van der Waals surface area (Å²) < 4.78 is 22.3. The third-order valence-corrected chi connectivity index (χ3v) is 5.73. The molecule has 2 heterocycles. The number of rotatable bonds is 6. The third-order valence-electron chi connectivity index (χ3n) is 5.73. The molecule has 172 valence electrons. The Balaban J connectivity index is 1.33. The lowest BCUT2D eigenvalue weighted by Gasteiger charge is -2.21. The van der Waals surface area contributed by atoms with E-state index in [-0.39, 0.29) is 0 Å². The average molecular weight is 441 g/mol. The van der Waals surface area contributed by atoms with E-state index in [4.69, 9.17) is 18.9 Å². The quantitative estimate of drug-likeness (QED) is 0.528. The van der Waals surface area contributed by atoms with Gasteiger partial charge in [-0.15, -0.1) is 0 Å². The number of nitrogens with zero attached hydrogens (tertiary/aromatic N) is 2. The maximum atomic E-state index is 5.79. The molecule has 2 aliphatic heterocycles. The highest BCUT2D eigenvalue weighted by Gasteiger charge is 2.24. The number of methoxy groups -OCH3 is 2. The van der Waals surface area contributed by atoms with Crippen LogP contribution in [-0.4, -0.2) is 59.6 Å². The van der Waals surface area contributed by atoms with Crippen LogP contribution in [0.5, 0.6) is 23.0 Å². The van der Waals surface area contributed by atoms with E-state index in [1.54, 1.807) is 21.3 Å². The molecule has 2 N–H and O–H groups in total. The monoisotopic (exact) mass is 440 g/mol. The summed E-state index contributed by atoms with van der Waals surface area (Å²) in [6, 6.07) is 12.3. The Kier molecular flexibility index (Phi) is 7.09. The fraction of sp³-hybridized carbons (Fsp3) is 0.458. The Hall–Kier alpha value is -3.29. The SMILES string of the molecule is CN=C(NCc1ccc2c(c1)OCCCO2)NC1CCN(c2cc(OC)cc(OC)c2)C1. The Labute approximate surface area is 189 Å². The summed E-state index contributed by atoms with van der Waals surface area (Å²) >= 11 is 0. The zero-order valence-corrected chi connectivity index (χ0v) is 19.0. The van der Waals surface area contributed by atoms with Gasteiger partial charge in [0, 0.05) is 63.0 Å². The fourth-order valence-electron chi connectivity index (χ4n) is 3.98. The predicted octanol–water partition coefficient (Wildman–Crippen LogP) is 2.81. The van der Waals surface area contributed by atoms with Crippen molar-refractivity contribution in [1.82, 2.24) is 10.6 Å². The molecular formula is C24H32N4O4. The molecule has 0 bridgehead atoms. The highest BCUT2D eigenvalue weighted by molar-refractivity contribution is 5.80. The van der Waals surface area contributed by atoms with Crippen molar-refractivity contribution in [1.29, 1.82) is 0 Å². The Bertz CT molecular complexity index is 927. The topological polar surface area (TPSA) is 76.6 Å². The first kappa shape index (κ1) is 21.9. The van der Waals surface area contributed by atoms with Gasteiger partial charge in [-0.2, -0.15) is 0 Å². The molecule has 0 radical (unpaired) electrons. The van der Waals surface area contributed by atoms with Crippen LogP contribution >= 0.6 is 0 Å². The van der Waals surface area contributed by atoms with Crippen molar-refractivity contribution in [2.24, 2.45) is 4.99 Å². The summed E-state index contributed by atoms with van der Waals surface area (Å²) in [7, 11) is 5.14. The first-order chi connectivity index (χ1) is 15.7. The number of aliphatic imine (C=N–C) groups is 1. The van der Waals surface area contributed by atoms with Crippen LogP contribution in [0.15, 0.2) is 41.4 Å². The normalized spacial score (nSPS) is 18.2. The largest absolute Gasteiger partial charge is 0.497 e. The molecule has 8 nitrogen and oxygen atoms in total. The first-order valence-electron chi connectivity index (χ1n) is 11.0. The van der Waals surface area contributed by atoms with Gasteiger partial charge < -0.3 is 34.5 Å². The zero-order chi connectivity index (χ0) is 22.3. The van der Waals surface area contributed by atoms with E-state index in [0.29, 0.717) is 25.8 Å². The second-order valence-electron chi connectivity index (χ2n) is 7.90. The second-order valence-corrected chi connectivity index (χ2v) is 7.90. The zero-order valence-electron chi connectivity index (χ0n) is 19.0. The maximum absolute atomic E-state index is 5.79. The van der Waals surface area contributed by atoms with Gasteiger partial charge in [-0.1, -0.05) is 6.07 Å². The predicted molar refractivity (Wildman–Crippen MR) is 126 cm³/mol. The van der Waals surface area contributed by atoms with Crippen LogP contribution in [0.1, 0.15) is 18.4 Å². The van der Waals surface area contributed by atoms with Gasteiger partial charge in [-0.3, -0.25) is 4.99 Å². The molecule has 4 rings (SSSR count). The summed E-state index contributed by atoms with van der Waals surface area (Å²) in [5.74, 6) is 4.00. The molecule has 0 amide bonds. The van der Waals surface area contributed by atoms with Crippen molar-refractivity contribution < 1.29 is 18.9 Å². The van der Waals surface area contributed by atoms with Gasteiger partial charge in [0.05, 0.1) is 27.4 Å². The van der Waals surface area contributed by atoms with E-state index in [1.807, 2.05) is 30.3 Å². The van der Waals surface area contributed by atoms with E-state index < -0.39 is 0 Å². The average Bonchev–Trinajstić information content (AvgIpc) is 3.17. The molecule has 1 unspecified atom stereocenters. The van der Waals surface area contributed by atoms with Gasteiger partial charge in [0.2, 0.25) is 0 Å². The minimum atomic E-state index is 0.294. The number of hydrogen-bond acceptors (Lipinski definition) is 6. The van der Waals surface area contributed by atoms with Crippen LogP contribution in [0.3, 0.4) is 0 Å². The van der Waals surface area contributed by atoms with E-state index in [1.165, 1.54) is 0 Å².